The predicted molar refractivity (Wildman–Crippen MR) is 70.8 cm³/mol. The molecule has 0 amide bonds. The summed E-state index contributed by atoms with van der Waals surface area (Å²) in [6.45, 7) is 3.35. The number of ketones is 1. The molecule has 0 bridgehead atoms. The predicted octanol–water partition coefficient (Wildman–Crippen LogP) is 2.29. The van der Waals surface area contributed by atoms with E-state index in [2.05, 4.69) is 10.0 Å². The molecule has 6 heteroatoms. The number of nitrogens with zero attached hydrogens (tertiary/aromatic N) is 3. The van der Waals surface area contributed by atoms with E-state index in [1.165, 1.54) is 6.92 Å². The van der Waals surface area contributed by atoms with Crippen LogP contribution in [0, 0.1) is 6.92 Å². The number of carbonyl (C=O) groups is 1. The molecule has 0 radical (unpaired) electrons. The van der Waals surface area contributed by atoms with Crippen LogP contribution in [-0.2, 0) is 0 Å². The van der Waals surface area contributed by atoms with Gasteiger partial charge in [0.2, 0.25) is 0 Å². The van der Waals surface area contributed by atoms with Crippen LogP contribution in [0.1, 0.15) is 40.9 Å². The molecular weight excluding hydrogens is 246 g/mol. The van der Waals surface area contributed by atoms with E-state index in [9.17, 15) is 15.0 Å². The molecule has 1 aromatic rings. The van der Waals surface area contributed by atoms with Gasteiger partial charge in [-0.1, -0.05) is 17.2 Å². The van der Waals surface area contributed by atoms with Gasteiger partial charge < -0.3 is 10.2 Å². The van der Waals surface area contributed by atoms with Gasteiger partial charge in [-0.3, -0.25) is 4.79 Å². The van der Waals surface area contributed by atoms with Crippen LogP contribution >= 0.6 is 0 Å². The first-order valence-corrected chi connectivity index (χ1v) is 5.96. The molecule has 0 aliphatic rings. The van der Waals surface area contributed by atoms with E-state index >= 15 is 0 Å². The summed E-state index contributed by atoms with van der Waals surface area (Å²) in [6, 6.07) is 4.99. The van der Waals surface area contributed by atoms with Crippen molar-refractivity contribution in [1.82, 2.24) is 0 Å². The first-order chi connectivity index (χ1) is 8.97. The molecule has 0 heterocycles. The smallest absolute Gasteiger partial charge is 0.159 e. The topological polar surface area (TPSA) is 106 Å². The third kappa shape index (κ3) is 4.06. The summed E-state index contributed by atoms with van der Waals surface area (Å²) >= 11 is 0. The Morgan fingerprint density at radius 1 is 1.47 bits per heavy atom. The number of aryl methyl sites for hydroxylation is 1. The molecule has 0 spiro atoms. The van der Waals surface area contributed by atoms with E-state index in [1.54, 1.807) is 25.1 Å². The van der Waals surface area contributed by atoms with Crippen LogP contribution in [0.25, 0.3) is 10.4 Å². The Balaban J connectivity index is 2.91. The molecule has 1 aromatic carbocycles. The number of hydrogen-bond acceptors (Lipinski definition) is 4. The van der Waals surface area contributed by atoms with Crippen LogP contribution in [0.5, 0.6) is 0 Å². The van der Waals surface area contributed by atoms with E-state index < -0.39 is 12.2 Å². The van der Waals surface area contributed by atoms with Gasteiger partial charge in [0.05, 0.1) is 6.10 Å². The van der Waals surface area contributed by atoms with Gasteiger partial charge >= 0.3 is 0 Å². The van der Waals surface area contributed by atoms with Crippen molar-refractivity contribution in [3.63, 3.8) is 0 Å². The average Bonchev–Trinajstić information content (AvgIpc) is 2.38. The molecule has 6 nitrogen and oxygen atoms in total. The van der Waals surface area contributed by atoms with Gasteiger partial charge in [0.1, 0.15) is 6.10 Å². The molecule has 0 saturated heterocycles. The number of hydrogen-bond donors (Lipinski definition) is 2. The molecule has 0 saturated carbocycles. The van der Waals surface area contributed by atoms with Crippen molar-refractivity contribution in [3.8, 4) is 0 Å². The first-order valence-electron chi connectivity index (χ1n) is 5.96. The summed E-state index contributed by atoms with van der Waals surface area (Å²) in [6.07, 6.45) is -1.98. The molecule has 0 aliphatic carbocycles. The molecule has 2 N–H and O–H groups in total. The second-order valence-corrected chi connectivity index (χ2v) is 4.38. The van der Waals surface area contributed by atoms with Gasteiger partial charge in [-0.05, 0) is 43.0 Å². The highest BCUT2D eigenvalue weighted by Gasteiger charge is 2.20. The molecule has 1 rings (SSSR count). The van der Waals surface area contributed by atoms with Gasteiger partial charge in [-0.2, -0.15) is 0 Å². The van der Waals surface area contributed by atoms with Crippen molar-refractivity contribution in [2.45, 2.75) is 32.5 Å². The van der Waals surface area contributed by atoms with Crippen molar-refractivity contribution in [1.29, 1.82) is 0 Å². The Labute approximate surface area is 111 Å². The zero-order valence-electron chi connectivity index (χ0n) is 10.9. The molecule has 19 heavy (non-hydrogen) atoms. The molecule has 0 fully saturated rings. The highest BCUT2D eigenvalue weighted by atomic mass is 16.3. The van der Waals surface area contributed by atoms with Gasteiger partial charge in [0, 0.05) is 17.0 Å². The van der Waals surface area contributed by atoms with Crippen molar-refractivity contribution in [3.05, 3.63) is 45.3 Å². The first kappa shape index (κ1) is 15.2. The molecular formula is C13H17N3O3. The third-order valence-corrected chi connectivity index (χ3v) is 2.96. The minimum atomic E-state index is -1.10. The minimum absolute atomic E-state index is 0.1000. The molecule has 0 aromatic heterocycles. The monoisotopic (exact) mass is 263 g/mol. The standard InChI is InChI=1S/C13H17N3O3/c1-8-3-4-10(9(2)17)7-11(8)13(19)12(18)5-6-15-16-14/h3-4,7,12-13,18-19H,5-6H2,1-2H3. The number of benzene rings is 1. The number of aliphatic hydroxyl groups is 2. The van der Waals surface area contributed by atoms with Crippen molar-refractivity contribution < 1.29 is 15.0 Å². The Kier molecular flexibility index (Phi) is 5.51. The van der Waals surface area contributed by atoms with E-state index in [4.69, 9.17) is 5.53 Å². The summed E-state index contributed by atoms with van der Waals surface area (Å²) in [4.78, 5) is 13.9. The van der Waals surface area contributed by atoms with Crippen molar-refractivity contribution in [2.24, 2.45) is 5.11 Å². The van der Waals surface area contributed by atoms with E-state index in [1.807, 2.05) is 0 Å². The number of azide groups is 1. The van der Waals surface area contributed by atoms with Gasteiger partial charge in [0.25, 0.3) is 0 Å². The van der Waals surface area contributed by atoms with Crippen molar-refractivity contribution in [2.75, 3.05) is 6.54 Å². The van der Waals surface area contributed by atoms with E-state index in [0.717, 1.165) is 5.56 Å². The van der Waals surface area contributed by atoms with E-state index in [-0.39, 0.29) is 18.7 Å². The number of carbonyl (C=O) groups excluding carboxylic acids is 1. The van der Waals surface area contributed by atoms with E-state index in [0.29, 0.717) is 11.1 Å². The lowest BCUT2D eigenvalue weighted by atomic mass is 9.95. The molecule has 2 atom stereocenters. The summed E-state index contributed by atoms with van der Waals surface area (Å²) in [7, 11) is 0. The highest BCUT2D eigenvalue weighted by molar-refractivity contribution is 5.94. The van der Waals surface area contributed by atoms with Gasteiger partial charge in [-0.25, -0.2) is 0 Å². The highest BCUT2D eigenvalue weighted by Crippen LogP contribution is 2.24. The summed E-state index contributed by atoms with van der Waals surface area (Å²) < 4.78 is 0. The lowest BCUT2D eigenvalue weighted by Gasteiger charge is -2.19. The lowest BCUT2D eigenvalue weighted by molar-refractivity contribution is 0.0146. The average molecular weight is 263 g/mol. The summed E-state index contributed by atoms with van der Waals surface area (Å²) in [5, 5.41) is 23.2. The SMILES string of the molecule is CC(=O)c1ccc(C)c(C(O)C(O)CCN=[N+]=[N-])c1. The maximum Gasteiger partial charge on any atom is 0.159 e. The normalized spacial score (nSPS) is 13.5. The summed E-state index contributed by atoms with van der Waals surface area (Å²) in [5.41, 5.74) is 9.95. The third-order valence-electron chi connectivity index (χ3n) is 2.96. The minimum Gasteiger partial charge on any atom is -0.390 e. The van der Waals surface area contributed by atoms with Crippen LogP contribution in [0.15, 0.2) is 23.3 Å². The maximum absolute atomic E-state index is 11.3. The fraction of sp³-hybridized carbons (Fsp3) is 0.462. The van der Waals surface area contributed by atoms with Gasteiger partial charge in [0.15, 0.2) is 5.78 Å². The number of aliphatic hydroxyl groups excluding tert-OH is 2. The zero-order chi connectivity index (χ0) is 14.4. The summed E-state index contributed by atoms with van der Waals surface area (Å²) in [5.74, 6) is -0.1000. The molecule has 0 aliphatic heterocycles. The number of rotatable bonds is 6. The van der Waals surface area contributed by atoms with Crippen LogP contribution in [0.3, 0.4) is 0 Å². The van der Waals surface area contributed by atoms with Crippen LogP contribution < -0.4 is 0 Å². The second kappa shape index (κ2) is 6.89. The van der Waals surface area contributed by atoms with Crippen molar-refractivity contribution >= 4 is 5.78 Å². The van der Waals surface area contributed by atoms with Crippen LogP contribution in [0.4, 0.5) is 0 Å². The molecule has 102 valence electrons. The Bertz CT molecular complexity index is 510. The number of Topliss-reactive ketones (excluding diaryl/α,β-unsaturated/α-hetero) is 1. The van der Waals surface area contributed by atoms with Gasteiger partial charge in [-0.15, -0.1) is 0 Å². The van der Waals surface area contributed by atoms with Crippen LogP contribution in [0.2, 0.25) is 0 Å². The maximum atomic E-state index is 11.3. The zero-order valence-corrected chi connectivity index (χ0v) is 10.9. The fourth-order valence-electron chi connectivity index (χ4n) is 1.78. The Hall–Kier alpha value is -1.88. The quantitative estimate of drug-likeness (QED) is 0.356. The largest absolute Gasteiger partial charge is 0.390 e. The second-order valence-electron chi connectivity index (χ2n) is 4.38. The Morgan fingerprint density at radius 2 is 2.16 bits per heavy atom. The fourth-order valence-corrected chi connectivity index (χ4v) is 1.78. The molecule has 2 unspecified atom stereocenters. The van der Waals surface area contributed by atoms with Crippen LogP contribution in [-0.4, -0.2) is 28.6 Å². The lowest BCUT2D eigenvalue weighted by Crippen LogP contribution is -2.20. The Morgan fingerprint density at radius 3 is 2.74 bits per heavy atom.